The smallest absolute Gasteiger partial charge is 0.142 e. The Morgan fingerprint density at radius 2 is 2.00 bits per heavy atom. The summed E-state index contributed by atoms with van der Waals surface area (Å²) < 4.78 is 0. The Bertz CT molecular complexity index is 112. The first-order valence-corrected chi connectivity index (χ1v) is 3.17. The summed E-state index contributed by atoms with van der Waals surface area (Å²) >= 11 is 0. The van der Waals surface area contributed by atoms with Crippen LogP contribution in [0.4, 0.5) is 0 Å². The van der Waals surface area contributed by atoms with Crippen molar-refractivity contribution in [1.29, 1.82) is 0 Å². The van der Waals surface area contributed by atoms with Crippen LogP contribution in [0.15, 0.2) is 24.3 Å². The molecule has 0 radical (unpaired) electrons. The monoisotopic (exact) mass is 124 g/mol. The molecular formula is C8H12O. The molecule has 0 aliphatic heterocycles. The van der Waals surface area contributed by atoms with Gasteiger partial charge in [0.1, 0.15) is 6.29 Å². The maximum Gasteiger partial charge on any atom is 0.142 e. The Morgan fingerprint density at radius 1 is 1.22 bits per heavy atom. The van der Waals surface area contributed by atoms with E-state index in [1.165, 1.54) is 6.08 Å². The van der Waals surface area contributed by atoms with Crippen LogP contribution in [0.5, 0.6) is 0 Å². The summed E-state index contributed by atoms with van der Waals surface area (Å²) in [6, 6.07) is 0. The van der Waals surface area contributed by atoms with Crippen molar-refractivity contribution in [3.05, 3.63) is 24.3 Å². The number of carbonyl (C=O) groups excluding carboxylic acids is 1. The molecule has 0 amide bonds. The van der Waals surface area contributed by atoms with Gasteiger partial charge in [-0.2, -0.15) is 0 Å². The molecule has 9 heavy (non-hydrogen) atoms. The summed E-state index contributed by atoms with van der Waals surface area (Å²) in [6.07, 6.45) is 10.2. The Morgan fingerprint density at radius 3 is 2.56 bits per heavy atom. The summed E-state index contributed by atoms with van der Waals surface area (Å²) in [5, 5.41) is 0. The Kier molecular flexibility index (Phi) is 6.47. The number of allylic oxidation sites excluding steroid dienone is 4. The van der Waals surface area contributed by atoms with E-state index in [2.05, 4.69) is 13.0 Å². The average molecular weight is 124 g/mol. The summed E-state index contributed by atoms with van der Waals surface area (Å²) in [7, 11) is 0. The number of carbonyl (C=O) groups is 1. The topological polar surface area (TPSA) is 17.1 Å². The second-order valence-corrected chi connectivity index (χ2v) is 1.68. The standard InChI is InChI=1S/C8H12O/c1-2-3-4-5-6-7-8-9/h3-4,6-8H,2,5H2,1H3/b4-3-,7-6+. The van der Waals surface area contributed by atoms with E-state index in [0.29, 0.717) is 0 Å². The Labute approximate surface area is 56.1 Å². The SMILES string of the molecule is CC/C=C\C/C=C/C=O. The van der Waals surface area contributed by atoms with Gasteiger partial charge in [-0.1, -0.05) is 25.2 Å². The van der Waals surface area contributed by atoms with E-state index in [9.17, 15) is 4.79 Å². The highest BCUT2D eigenvalue weighted by Crippen LogP contribution is 1.86. The molecule has 0 saturated heterocycles. The van der Waals surface area contributed by atoms with Crippen LogP contribution in [0.3, 0.4) is 0 Å². The van der Waals surface area contributed by atoms with Gasteiger partial charge in [0.05, 0.1) is 0 Å². The lowest BCUT2D eigenvalue weighted by atomic mass is 10.3. The predicted octanol–water partition coefficient (Wildman–Crippen LogP) is 2.10. The first-order chi connectivity index (χ1) is 4.41. The summed E-state index contributed by atoms with van der Waals surface area (Å²) in [6.45, 7) is 2.08. The highest BCUT2D eigenvalue weighted by atomic mass is 16.1. The van der Waals surface area contributed by atoms with E-state index in [1.54, 1.807) is 0 Å². The number of hydrogen-bond acceptors (Lipinski definition) is 1. The van der Waals surface area contributed by atoms with Crippen molar-refractivity contribution in [2.24, 2.45) is 0 Å². The van der Waals surface area contributed by atoms with Gasteiger partial charge in [-0.3, -0.25) is 4.79 Å². The average Bonchev–Trinajstić information content (AvgIpc) is 1.89. The largest absolute Gasteiger partial charge is 0.299 e. The van der Waals surface area contributed by atoms with Crippen LogP contribution in [0.2, 0.25) is 0 Å². The molecule has 0 N–H and O–H groups in total. The maximum atomic E-state index is 9.73. The molecule has 0 saturated carbocycles. The fourth-order valence-electron chi connectivity index (χ4n) is 0.476. The van der Waals surface area contributed by atoms with Crippen LogP contribution in [0, 0.1) is 0 Å². The second-order valence-electron chi connectivity index (χ2n) is 1.68. The minimum Gasteiger partial charge on any atom is -0.299 e. The van der Waals surface area contributed by atoms with Gasteiger partial charge in [0, 0.05) is 0 Å². The van der Waals surface area contributed by atoms with E-state index in [4.69, 9.17) is 0 Å². The lowest BCUT2D eigenvalue weighted by Crippen LogP contribution is -1.60. The quantitative estimate of drug-likeness (QED) is 0.318. The van der Waals surface area contributed by atoms with Crippen molar-refractivity contribution in [3.8, 4) is 0 Å². The minimum atomic E-state index is 0.791. The molecule has 1 nitrogen and oxygen atoms in total. The van der Waals surface area contributed by atoms with Crippen LogP contribution < -0.4 is 0 Å². The zero-order valence-electron chi connectivity index (χ0n) is 5.71. The van der Waals surface area contributed by atoms with Crippen molar-refractivity contribution in [1.82, 2.24) is 0 Å². The van der Waals surface area contributed by atoms with Crippen LogP contribution in [-0.2, 0) is 4.79 Å². The third-order valence-electron chi connectivity index (χ3n) is 0.889. The summed E-state index contributed by atoms with van der Waals surface area (Å²) in [5.74, 6) is 0. The van der Waals surface area contributed by atoms with Gasteiger partial charge < -0.3 is 0 Å². The maximum absolute atomic E-state index is 9.73. The fourth-order valence-corrected chi connectivity index (χ4v) is 0.476. The van der Waals surface area contributed by atoms with Crippen LogP contribution in [0.25, 0.3) is 0 Å². The Hall–Kier alpha value is -0.850. The zero-order valence-corrected chi connectivity index (χ0v) is 5.71. The highest BCUT2D eigenvalue weighted by Gasteiger charge is 1.67. The molecule has 0 heterocycles. The molecule has 0 aromatic carbocycles. The third kappa shape index (κ3) is 7.15. The molecule has 0 aliphatic rings. The molecule has 0 unspecified atom stereocenters. The van der Waals surface area contributed by atoms with E-state index in [-0.39, 0.29) is 0 Å². The molecule has 0 spiro atoms. The number of hydrogen-bond donors (Lipinski definition) is 0. The van der Waals surface area contributed by atoms with Crippen LogP contribution in [0.1, 0.15) is 19.8 Å². The van der Waals surface area contributed by atoms with Crippen LogP contribution >= 0.6 is 0 Å². The molecular weight excluding hydrogens is 112 g/mol. The van der Waals surface area contributed by atoms with Crippen molar-refractivity contribution in [2.45, 2.75) is 19.8 Å². The van der Waals surface area contributed by atoms with Gasteiger partial charge in [-0.05, 0) is 18.9 Å². The van der Waals surface area contributed by atoms with Crippen molar-refractivity contribution in [3.63, 3.8) is 0 Å². The molecule has 0 atom stereocenters. The van der Waals surface area contributed by atoms with Gasteiger partial charge in [-0.15, -0.1) is 0 Å². The highest BCUT2D eigenvalue weighted by molar-refractivity contribution is 5.64. The van der Waals surface area contributed by atoms with E-state index in [1.807, 2.05) is 12.2 Å². The minimum absolute atomic E-state index is 0.791. The van der Waals surface area contributed by atoms with E-state index >= 15 is 0 Å². The first kappa shape index (κ1) is 8.15. The fraction of sp³-hybridized carbons (Fsp3) is 0.375. The predicted molar refractivity (Wildman–Crippen MR) is 39.3 cm³/mol. The summed E-state index contributed by atoms with van der Waals surface area (Å²) in [4.78, 5) is 9.73. The molecule has 1 heteroatoms. The van der Waals surface area contributed by atoms with Gasteiger partial charge in [0.15, 0.2) is 0 Å². The number of rotatable bonds is 4. The molecule has 0 fully saturated rings. The summed E-state index contributed by atoms with van der Waals surface area (Å²) in [5.41, 5.74) is 0. The van der Waals surface area contributed by atoms with Gasteiger partial charge in [0.25, 0.3) is 0 Å². The molecule has 0 aliphatic carbocycles. The normalized spacial score (nSPS) is 11.2. The Balaban J connectivity index is 3.17. The van der Waals surface area contributed by atoms with Crippen molar-refractivity contribution >= 4 is 6.29 Å². The molecule has 0 rings (SSSR count). The second kappa shape index (κ2) is 7.15. The third-order valence-corrected chi connectivity index (χ3v) is 0.889. The van der Waals surface area contributed by atoms with Gasteiger partial charge >= 0.3 is 0 Å². The van der Waals surface area contributed by atoms with Gasteiger partial charge in [0.2, 0.25) is 0 Å². The molecule has 0 aromatic rings. The lowest BCUT2D eigenvalue weighted by molar-refractivity contribution is -0.104. The van der Waals surface area contributed by atoms with Gasteiger partial charge in [-0.25, -0.2) is 0 Å². The van der Waals surface area contributed by atoms with Crippen molar-refractivity contribution in [2.75, 3.05) is 0 Å². The lowest BCUT2D eigenvalue weighted by Gasteiger charge is -1.77. The van der Waals surface area contributed by atoms with Crippen molar-refractivity contribution < 1.29 is 4.79 Å². The molecule has 50 valence electrons. The molecule has 0 bridgehead atoms. The van der Waals surface area contributed by atoms with E-state index in [0.717, 1.165) is 19.1 Å². The zero-order chi connectivity index (χ0) is 6.95. The van der Waals surface area contributed by atoms with Crippen LogP contribution in [-0.4, -0.2) is 6.29 Å². The van der Waals surface area contributed by atoms with E-state index < -0.39 is 0 Å². The first-order valence-electron chi connectivity index (χ1n) is 3.17. The number of aldehydes is 1. The molecule has 0 aromatic heterocycles.